The van der Waals surface area contributed by atoms with Gasteiger partial charge in [-0.1, -0.05) is 17.3 Å². The fourth-order valence-electron chi connectivity index (χ4n) is 1.94. The molecule has 0 bridgehead atoms. The SMILES string of the molecule is CNC(Cc1cn(C)nn1)c1cccc(OC)c1. The van der Waals surface area contributed by atoms with Crippen molar-refractivity contribution < 1.29 is 4.74 Å². The van der Waals surface area contributed by atoms with Gasteiger partial charge in [0.1, 0.15) is 5.75 Å². The summed E-state index contributed by atoms with van der Waals surface area (Å²) in [5.41, 5.74) is 2.15. The number of hydrogen-bond acceptors (Lipinski definition) is 4. The van der Waals surface area contributed by atoms with Crippen molar-refractivity contribution >= 4 is 0 Å². The highest BCUT2D eigenvalue weighted by atomic mass is 16.5. The van der Waals surface area contributed by atoms with E-state index in [0.29, 0.717) is 0 Å². The summed E-state index contributed by atoms with van der Waals surface area (Å²) in [6, 6.07) is 8.27. The van der Waals surface area contributed by atoms with Gasteiger partial charge < -0.3 is 10.1 Å². The summed E-state index contributed by atoms with van der Waals surface area (Å²) < 4.78 is 6.96. The van der Waals surface area contributed by atoms with Crippen LogP contribution >= 0.6 is 0 Å². The lowest BCUT2D eigenvalue weighted by atomic mass is 10.0. The second kappa shape index (κ2) is 5.64. The van der Waals surface area contributed by atoms with E-state index >= 15 is 0 Å². The minimum absolute atomic E-state index is 0.205. The number of aromatic nitrogens is 3. The number of nitrogens with one attached hydrogen (secondary N) is 1. The number of rotatable bonds is 5. The Balaban J connectivity index is 2.17. The van der Waals surface area contributed by atoms with Gasteiger partial charge in [-0.05, 0) is 24.7 Å². The lowest BCUT2D eigenvalue weighted by molar-refractivity contribution is 0.413. The lowest BCUT2D eigenvalue weighted by Crippen LogP contribution is -2.19. The predicted molar refractivity (Wildman–Crippen MR) is 69.5 cm³/mol. The molecule has 96 valence electrons. The molecule has 1 atom stereocenters. The van der Waals surface area contributed by atoms with Gasteiger partial charge in [0, 0.05) is 25.7 Å². The molecular formula is C13H18N4O. The first-order chi connectivity index (χ1) is 8.72. The van der Waals surface area contributed by atoms with Gasteiger partial charge in [0.2, 0.25) is 0 Å². The number of likely N-dealkylation sites (N-methyl/N-ethyl adjacent to an activating group) is 1. The molecule has 1 N–H and O–H groups in total. The van der Waals surface area contributed by atoms with Crippen molar-refractivity contribution in [3.63, 3.8) is 0 Å². The molecule has 0 fully saturated rings. The van der Waals surface area contributed by atoms with Crippen molar-refractivity contribution in [3.05, 3.63) is 41.7 Å². The van der Waals surface area contributed by atoms with E-state index in [1.807, 2.05) is 38.5 Å². The highest BCUT2D eigenvalue weighted by Crippen LogP contribution is 2.21. The summed E-state index contributed by atoms with van der Waals surface area (Å²) in [7, 11) is 5.49. The predicted octanol–water partition coefficient (Wildman–Crippen LogP) is 1.33. The fraction of sp³-hybridized carbons (Fsp3) is 0.385. The van der Waals surface area contributed by atoms with E-state index < -0.39 is 0 Å². The molecule has 0 aliphatic carbocycles. The van der Waals surface area contributed by atoms with Gasteiger partial charge in [-0.2, -0.15) is 0 Å². The topological polar surface area (TPSA) is 52.0 Å². The van der Waals surface area contributed by atoms with Crippen LogP contribution in [-0.2, 0) is 13.5 Å². The van der Waals surface area contributed by atoms with Gasteiger partial charge in [-0.3, -0.25) is 4.68 Å². The van der Waals surface area contributed by atoms with Crippen molar-refractivity contribution in [1.29, 1.82) is 0 Å². The third-order valence-electron chi connectivity index (χ3n) is 2.91. The standard InChI is InChI=1S/C13H18N4O/c1-14-13(8-11-9-17(2)16-15-11)10-5-4-6-12(7-10)18-3/h4-7,9,13-14H,8H2,1-3H3. The Hall–Kier alpha value is -1.88. The maximum absolute atomic E-state index is 5.24. The molecule has 0 saturated carbocycles. The van der Waals surface area contributed by atoms with Crippen molar-refractivity contribution in [2.75, 3.05) is 14.2 Å². The van der Waals surface area contributed by atoms with Gasteiger partial charge in [-0.25, -0.2) is 0 Å². The number of methoxy groups -OCH3 is 1. The number of ether oxygens (including phenoxy) is 1. The molecule has 0 spiro atoms. The van der Waals surface area contributed by atoms with Crippen LogP contribution in [0.3, 0.4) is 0 Å². The van der Waals surface area contributed by atoms with E-state index in [1.54, 1.807) is 11.8 Å². The molecule has 2 rings (SSSR count). The Kier molecular flexibility index (Phi) is 3.94. The fourth-order valence-corrected chi connectivity index (χ4v) is 1.94. The second-order valence-electron chi connectivity index (χ2n) is 4.21. The minimum atomic E-state index is 0.205. The first-order valence-corrected chi connectivity index (χ1v) is 5.89. The third-order valence-corrected chi connectivity index (χ3v) is 2.91. The Labute approximate surface area is 107 Å². The molecule has 18 heavy (non-hydrogen) atoms. The molecule has 0 saturated heterocycles. The second-order valence-corrected chi connectivity index (χ2v) is 4.21. The molecule has 5 heteroatoms. The normalized spacial score (nSPS) is 12.4. The zero-order valence-corrected chi connectivity index (χ0v) is 10.9. The summed E-state index contributed by atoms with van der Waals surface area (Å²) in [5, 5.41) is 11.4. The van der Waals surface area contributed by atoms with Crippen molar-refractivity contribution in [2.45, 2.75) is 12.5 Å². The zero-order valence-electron chi connectivity index (χ0n) is 10.9. The van der Waals surface area contributed by atoms with E-state index in [1.165, 1.54) is 5.56 Å². The molecular weight excluding hydrogens is 228 g/mol. The third kappa shape index (κ3) is 2.87. The van der Waals surface area contributed by atoms with Crippen LogP contribution in [0.5, 0.6) is 5.75 Å². The summed E-state index contributed by atoms with van der Waals surface area (Å²) in [4.78, 5) is 0. The van der Waals surface area contributed by atoms with E-state index in [2.05, 4.69) is 21.7 Å². The molecule has 1 aromatic carbocycles. The summed E-state index contributed by atoms with van der Waals surface area (Å²) in [6.07, 6.45) is 2.74. The van der Waals surface area contributed by atoms with E-state index in [9.17, 15) is 0 Å². The first kappa shape index (κ1) is 12.6. The van der Waals surface area contributed by atoms with Crippen LogP contribution in [0.2, 0.25) is 0 Å². The highest BCUT2D eigenvalue weighted by molar-refractivity contribution is 5.31. The molecule has 0 amide bonds. The molecule has 1 unspecified atom stereocenters. The van der Waals surface area contributed by atoms with Gasteiger partial charge in [0.05, 0.1) is 12.8 Å². The zero-order chi connectivity index (χ0) is 13.0. The molecule has 0 aliphatic heterocycles. The van der Waals surface area contributed by atoms with Gasteiger partial charge in [0.25, 0.3) is 0 Å². The lowest BCUT2D eigenvalue weighted by Gasteiger charge is -2.15. The molecule has 1 aromatic heterocycles. The molecule has 2 aromatic rings. The van der Waals surface area contributed by atoms with Crippen molar-refractivity contribution in [2.24, 2.45) is 7.05 Å². The average Bonchev–Trinajstić information content (AvgIpc) is 2.81. The van der Waals surface area contributed by atoms with Crippen molar-refractivity contribution in [3.8, 4) is 5.75 Å². The summed E-state index contributed by atoms with van der Waals surface area (Å²) >= 11 is 0. The molecule has 1 heterocycles. The minimum Gasteiger partial charge on any atom is -0.497 e. The van der Waals surface area contributed by atoms with Crippen molar-refractivity contribution in [1.82, 2.24) is 20.3 Å². The van der Waals surface area contributed by atoms with Crippen LogP contribution in [0.4, 0.5) is 0 Å². The van der Waals surface area contributed by atoms with Crippen LogP contribution in [0.15, 0.2) is 30.5 Å². The highest BCUT2D eigenvalue weighted by Gasteiger charge is 2.12. The van der Waals surface area contributed by atoms with E-state index in [4.69, 9.17) is 4.74 Å². The summed E-state index contributed by atoms with van der Waals surface area (Å²) in [5.74, 6) is 0.867. The maximum atomic E-state index is 5.24. The van der Waals surface area contributed by atoms with Crippen LogP contribution in [0.1, 0.15) is 17.3 Å². The molecule has 0 radical (unpaired) electrons. The smallest absolute Gasteiger partial charge is 0.119 e. The quantitative estimate of drug-likeness (QED) is 0.864. The average molecular weight is 246 g/mol. The maximum Gasteiger partial charge on any atom is 0.119 e. The van der Waals surface area contributed by atoms with Crippen LogP contribution in [0, 0.1) is 0 Å². The van der Waals surface area contributed by atoms with E-state index in [-0.39, 0.29) is 6.04 Å². The number of nitrogens with zero attached hydrogens (tertiary/aromatic N) is 3. The Bertz CT molecular complexity index is 509. The monoisotopic (exact) mass is 246 g/mol. The van der Waals surface area contributed by atoms with Crippen LogP contribution < -0.4 is 10.1 Å². The van der Waals surface area contributed by atoms with E-state index in [0.717, 1.165) is 17.9 Å². The van der Waals surface area contributed by atoms with Gasteiger partial charge >= 0.3 is 0 Å². The Morgan fingerprint density at radius 3 is 2.89 bits per heavy atom. The largest absolute Gasteiger partial charge is 0.497 e. The Morgan fingerprint density at radius 2 is 2.28 bits per heavy atom. The Morgan fingerprint density at radius 1 is 1.44 bits per heavy atom. The van der Waals surface area contributed by atoms with Gasteiger partial charge in [0.15, 0.2) is 0 Å². The molecule has 0 aliphatic rings. The van der Waals surface area contributed by atoms with Gasteiger partial charge in [-0.15, -0.1) is 5.10 Å². The number of benzene rings is 1. The first-order valence-electron chi connectivity index (χ1n) is 5.89. The van der Waals surface area contributed by atoms with Crippen LogP contribution in [0.25, 0.3) is 0 Å². The molecule has 5 nitrogen and oxygen atoms in total. The number of hydrogen-bond donors (Lipinski definition) is 1. The number of aryl methyl sites for hydroxylation is 1. The summed E-state index contributed by atoms with van der Waals surface area (Å²) in [6.45, 7) is 0. The van der Waals surface area contributed by atoms with Crippen LogP contribution in [-0.4, -0.2) is 29.2 Å².